The average Bonchev–Trinajstić information content (AvgIpc) is 2.38. The second-order valence-corrected chi connectivity index (χ2v) is 3.79. The zero-order valence-corrected chi connectivity index (χ0v) is 11.0. The van der Waals surface area contributed by atoms with Crippen LogP contribution >= 0.6 is 0 Å². The highest BCUT2D eigenvalue weighted by Gasteiger charge is 2.17. The number of Topliss-reactive ketones (excluding diaryl/α,β-unsaturated/α-hetero) is 1. The van der Waals surface area contributed by atoms with Crippen LogP contribution in [-0.2, 0) is 16.0 Å². The Morgan fingerprint density at radius 2 is 1.94 bits per heavy atom. The monoisotopic (exact) mass is 250 g/mol. The molecule has 0 spiro atoms. The largest absolute Gasteiger partial charge is 0.496 e. The maximum atomic E-state index is 12.0. The Morgan fingerprint density at radius 3 is 2.50 bits per heavy atom. The van der Waals surface area contributed by atoms with Gasteiger partial charge in [-0.1, -0.05) is 13.0 Å². The van der Waals surface area contributed by atoms with Crippen LogP contribution in [0.5, 0.6) is 5.75 Å². The molecule has 0 saturated carbocycles. The van der Waals surface area contributed by atoms with E-state index in [2.05, 4.69) is 0 Å². The highest BCUT2D eigenvalue weighted by atomic mass is 16.5. The molecule has 0 saturated heterocycles. The van der Waals surface area contributed by atoms with E-state index in [1.807, 2.05) is 13.0 Å². The topological polar surface area (TPSA) is 52.6 Å². The van der Waals surface area contributed by atoms with Crippen LogP contribution < -0.4 is 4.74 Å². The van der Waals surface area contributed by atoms with Gasteiger partial charge in [0, 0.05) is 0 Å². The molecule has 0 fully saturated rings. The maximum Gasteiger partial charge on any atom is 0.313 e. The first-order chi connectivity index (χ1) is 8.62. The smallest absolute Gasteiger partial charge is 0.313 e. The Labute approximate surface area is 107 Å². The molecule has 0 atom stereocenters. The van der Waals surface area contributed by atoms with Gasteiger partial charge in [-0.3, -0.25) is 9.59 Å². The lowest BCUT2D eigenvalue weighted by Gasteiger charge is -2.09. The number of aryl methyl sites for hydroxylation is 1. The number of carbonyl (C=O) groups is 2. The van der Waals surface area contributed by atoms with Gasteiger partial charge < -0.3 is 9.47 Å². The normalized spacial score (nSPS) is 9.94. The zero-order chi connectivity index (χ0) is 13.5. The van der Waals surface area contributed by atoms with Crippen molar-refractivity contribution in [1.29, 1.82) is 0 Å². The van der Waals surface area contributed by atoms with E-state index in [4.69, 9.17) is 9.47 Å². The van der Waals surface area contributed by atoms with Crippen molar-refractivity contribution in [1.82, 2.24) is 0 Å². The summed E-state index contributed by atoms with van der Waals surface area (Å²) in [7, 11) is 1.50. The predicted octanol–water partition coefficient (Wildman–Crippen LogP) is 2.39. The Balaban J connectivity index is 2.92. The minimum absolute atomic E-state index is 0.253. The van der Waals surface area contributed by atoms with E-state index in [9.17, 15) is 9.59 Å². The lowest BCUT2D eigenvalue weighted by molar-refractivity contribution is -0.141. The second kappa shape index (κ2) is 6.79. The van der Waals surface area contributed by atoms with Gasteiger partial charge in [0.2, 0.25) is 0 Å². The van der Waals surface area contributed by atoms with Crippen LogP contribution in [0.25, 0.3) is 0 Å². The summed E-state index contributed by atoms with van der Waals surface area (Å²) in [5, 5.41) is 0. The molecule has 0 unspecified atom stereocenters. The fourth-order valence-electron chi connectivity index (χ4n) is 1.63. The van der Waals surface area contributed by atoms with Gasteiger partial charge >= 0.3 is 5.97 Å². The van der Waals surface area contributed by atoms with E-state index in [0.717, 1.165) is 12.0 Å². The Morgan fingerprint density at radius 1 is 1.22 bits per heavy atom. The SMILES string of the molecule is CCOC(=O)CC(=O)c1cc(CC)ccc1OC. The number of esters is 1. The van der Waals surface area contributed by atoms with Crippen LogP contribution in [0.4, 0.5) is 0 Å². The first-order valence-corrected chi connectivity index (χ1v) is 5.98. The number of carbonyl (C=O) groups excluding carboxylic acids is 2. The second-order valence-electron chi connectivity index (χ2n) is 3.79. The fraction of sp³-hybridized carbons (Fsp3) is 0.429. The number of ether oxygens (including phenoxy) is 2. The molecular weight excluding hydrogens is 232 g/mol. The molecule has 1 aromatic carbocycles. The van der Waals surface area contributed by atoms with Crippen molar-refractivity contribution < 1.29 is 19.1 Å². The number of methoxy groups -OCH3 is 1. The van der Waals surface area contributed by atoms with Crippen molar-refractivity contribution in [2.45, 2.75) is 26.7 Å². The summed E-state index contributed by atoms with van der Waals surface area (Å²) in [6, 6.07) is 5.41. The maximum absolute atomic E-state index is 12.0. The highest BCUT2D eigenvalue weighted by Crippen LogP contribution is 2.22. The van der Waals surface area contributed by atoms with Gasteiger partial charge in [0.25, 0.3) is 0 Å². The van der Waals surface area contributed by atoms with Crippen molar-refractivity contribution in [2.75, 3.05) is 13.7 Å². The average molecular weight is 250 g/mol. The molecule has 0 aliphatic rings. The molecular formula is C14H18O4. The van der Waals surface area contributed by atoms with Crippen molar-refractivity contribution in [3.05, 3.63) is 29.3 Å². The van der Waals surface area contributed by atoms with Crippen molar-refractivity contribution in [3.63, 3.8) is 0 Å². The predicted molar refractivity (Wildman–Crippen MR) is 68.0 cm³/mol. The molecule has 0 heterocycles. The highest BCUT2D eigenvalue weighted by molar-refractivity contribution is 6.07. The van der Waals surface area contributed by atoms with Crippen LogP contribution in [0, 0.1) is 0 Å². The summed E-state index contributed by atoms with van der Waals surface area (Å²) in [4.78, 5) is 23.3. The lowest BCUT2D eigenvalue weighted by atomic mass is 10.0. The molecule has 98 valence electrons. The Kier molecular flexibility index (Phi) is 5.36. The molecule has 1 rings (SSSR count). The first kappa shape index (κ1) is 14.2. The number of hydrogen-bond acceptors (Lipinski definition) is 4. The number of hydrogen-bond donors (Lipinski definition) is 0. The zero-order valence-electron chi connectivity index (χ0n) is 11.0. The third-order valence-electron chi connectivity index (χ3n) is 2.58. The summed E-state index contributed by atoms with van der Waals surface area (Å²) in [6.45, 7) is 3.99. The Hall–Kier alpha value is -1.84. The van der Waals surface area contributed by atoms with E-state index in [-0.39, 0.29) is 18.8 Å². The van der Waals surface area contributed by atoms with Crippen LogP contribution in [0.2, 0.25) is 0 Å². The van der Waals surface area contributed by atoms with Gasteiger partial charge in [-0.2, -0.15) is 0 Å². The molecule has 4 nitrogen and oxygen atoms in total. The van der Waals surface area contributed by atoms with Crippen molar-refractivity contribution >= 4 is 11.8 Å². The van der Waals surface area contributed by atoms with Gasteiger partial charge in [-0.25, -0.2) is 0 Å². The quantitative estimate of drug-likeness (QED) is 0.442. The molecule has 1 aromatic rings. The van der Waals surface area contributed by atoms with Crippen LogP contribution in [0.3, 0.4) is 0 Å². The standard InChI is InChI=1S/C14H18O4/c1-4-10-6-7-13(17-3)11(8-10)12(15)9-14(16)18-5-2/h6-8H,4-5,9H2,1-3H3. The van der Waals surface area contributed by atoms with E-state index in [1.165, 1.54) is 7.11 Å². The summed E-state index contributed by atoms with van der Waals surface area (Å²) in [5.74, 6) is -0.298. The molecule has 0 amide bonds. The van der Waals surface area contributed by atoms with Crippen molar-refractivity contribution in [3.8, 4) is 5.75 Å². The summed E-state index contributed by atoms with van der Waals surface area (Å²) >= 11 is 0. The minimum atomic E-state index is -0.508. The van der Waals surface area contributed by atoms with E-state index < -0.39 is 5.97 Å². The minimum Gasteiger partial charge on any atom is -0.496 e. The number of ketones is 1. The van der Waals surface area contributed by atoms with Gasteiger partial charge in [-0.15, -0.1) is 0 Å². The summed E-state index contributed by atoms with van der Waals surface area (Å²) in [5.41, 5.74) is 1.47. The third kappa shape index (κ3) is 3.58. The third-order valence-corrected chi connectivity index (χ3v) is 2.58. The molecule has 0 radical (unpaired) electrons. The molecule has 0 aromatic heterocycles. The van der Waals surface area contributed by atoms with E-state index in [1.54, 1.807) is 19.1 Å². The van der Waals surface area contributed by atoms with Crippen molar-refractivity contribution in [2.24, 2.45) is 0 Å². The summed E-state index contributed by atoms with van der Waals surface area (Å²) in [6.07, 6.45) is 0.570. The Bertz CT molecular complexity index is 437. The molecule has 0 aliphatic carbocycles. The number of benzene rings is 1. The first-order valence-electron chi connectivity index (χ1n) is 5.98. The van der Waals surface area contributed by atoms with Gasteiger partial charge in [0.15, 0.2) is 5.78 Å². The molecule has 4 heteroatoms. The van der Waals surface area contributed by atoms with Gasteiger partial charge in [0.1, 0.15) is 12.2 Å². The molecule has 18 heavy (non-hydrogen) atoms. The van der Waals surface area contributed by atoms with Crippen LogP contribution in [0.15, 0.2) is 18.2 Å². The molecule has 0 aliphatic heterocycles. The lowest BCUT2D eigenvalue weighted by Crippen LogP contribution is -2.12. The van der Waals surface area contributed by atoms with Gasteiger partial charge in [0.05, 0.1) is 19.3 Å². The molecule has 0 bridgehead atoms. The van der Waals surface area contributed by atoms with Gasteiger partial charge in [-0.05, 0) is 31.0 Å². The van der Waals surface area contributed by atoms with Crippen LogP contribution in [-0.4, -0.2) is 25.5 Å². The fourth-order valence-corrected chi connectivity index (χ4v) is 1.63. The van der Waals surface area contributed by atoms with Crippen LogP contribution in [0.1, 0.15) is 36.2 Å². The molecule has 0 N–H and O–H groups in total. The van der Waals surface area contributed by atoms with E-state index in [0.29, 0.717) is 11.3 Å². The number of rotatable bonds is 6. The van der Waals surface area contributed by atoms with E-state index >= 15 is 0 Å². The summed E-state index contributed by atoms with van der Waals surface area (Å²) < 4.78 is 9.90.